The molecular formula is C19H30N2. The Bertz CT molecular complexity index is 422. The molecule has 0 spiro atoms. The summed E-state index contributed by atoms with van der Waals surface area (Å²) in [5.41, 5.74) is 1.92. The van der Waals surface area contributed by atoms with Crippen molar-refractivity contribution in [2.75, 3.05) is 26.2 Å². The van der Waals surface area contributed by atoms with Crippen molar-refractivity contribution < 1.29 is 0 Å². The van der Waals surface area contributed by atoms with Gasteiger partial charge < -0.3 is 5.32 Å². The van der Waals surface area contributed by atoms with Gasteiger partial charge in [-0.2, -0.15) is 0 Å². The molecule has 2 saturated heterocycles. The van der Waals surface area contributed by atoms with E-state index in [4.69, 9.17) is 0 Å². The van der Waals surface area contributed by atoms with E-state index in [0.29, 0.717) is 5.41 Å². The summed E-state index contributed by atoms with van der Waals surface area (Å²) in [5, 5.41) is 3.55. The van der Waals surface area contributed by atoms with E-state index in [1.165, 1.54) is 51.6 Å². The molecule has 0 amide bonds. The molecule has 2 fully saturated rings. The summed E-state index contributed by atoms with van der Waals surface area (Å²) in [6.45, 7) is 7.31. The van der Waals surface area contributed by atoms with E-state index in [2.05, 4.69) is 47.5 Å². The van der Waals surface area contributed by atoms with Gasteiger partial charge in [0.1, 0.15) is 0 Å². The minimum atomic E-state index is 0.366. The molecule has 2 aliphatic heterocycles. The molecule has 2 heteroatoms. The van der Waals surface area contributed by atoms with E-state index >= 15 is 0 Å². The van der Waals surface area contributed by atoms with Crippen molar-refractivity contribution in [2.24, 2.45) is 0 Å². The second-order valence-electron chi connectivity index (χ2n) is 7.07. The van der Waals surface area contributed by atoms with Crippen LogP contribution in [0.5, 0.6) is 0 Å². The Hall–Kier alpha value is -0.860. The molecule has 1 unspecified atom stereocenters. The lowest BCUT2D eigenvalue weighted by Crippen LogP contribution is -2.49. The van der Waals surface area contributed by atoms with Crippen molar-refractivity contribution in [3.8, 4) is 0 Å². The minimum absolute atomic E-state index is 0.366. The number of hydrogen-bond acceptors (Lipinski definition) is 2. The number of nitrogens with one attached hydrogen (secondary N) is 1. The topological polar surface area (TPSA) is 15.3 Å². The summed E-state index contributed by atoms with van der Waals surface area (Å²) in [5.74, 6) is 0. The lowest BCUT2D eigenvalue weighted by atomic mass is 9.72. The lowest BCUT2D eigenvalue weighted by Gasteiger charge is -2.43. The highest BCUT2D eigenvalue weighted by molar-refractivity contribution is 5.27. The normalized spacial score (nSPS) is 27.2. The molecule has 21 heavy (non-hydrogen) atoms. The third-order valence-electron chi connectivity index (χ3n) is 5.64. The number of rotatable bonds is 3. The Morgan fingerprint density at radius 1 is 1.10 bits per heavy atom. The molecule has 116 valence electrons. The monoisotopic (exact) mass is 286 g/mol. The fourth-order valence-electron chi connectivity index (χ4n) is 4.19. The van der Waals surface area contributed by atoms with Crippen LogP contribution < -0.4 is 5.32 Å². The number of hydrogen-bond donors (Lipinski definition) is 1. The SMILES string of the molecule is CC1CCCCCN1CC1(c2ccccc2)CCNCC1. The largest absolute Gasteiger partial charge is 0.317 e. The summed E-state index contributed by atoms with van der Waals surface area (Å²) < 4.78 is 0. The maximum absolute atomic E-state index is 3.55. The Balaban J connectivity index is 1.82. The first-order chi connectivity index (χ1) is 10.3. The molecule has 0 radical (unpaired) electrons. The Labute approximate surface area is 129 Å². The van der Waals surface area contributed by atoms with Gasteiger partial charge in [0.2, 0.25) is 0 Å². The molecular weight excluding hydrogens is 256 g/mol. The highest BCUT2D eigenvalue weighted by Crippen LogP contribution is 2.35. The summed E-state index contributed by atoms with van der Waals surface area (Å²) in [6.07, 6.45) is 8.15. The minimum Gasteiger partial charge on any atom is -0.317 e. The maximum atomic E-state index is 3.55. The second-order valence-corrected chi connectivity index (χ2v) is 7.07. The molecule has 1 N–H and O–H groups in total. The van der Waals surface area contributed by atoms with Gasteiger partial charge in [-0.1, -0.05) is 43.2 Å². The highest BCUT2D eigenvalue weighted by Gasteiger charge is 2.36. The van der Waals surface area contributed by atoms with Crippen LogP contribution in [0.15, 0.2) is 30.3 Å². The summed E-state index contributed by atoms with van der Waals surface area (Å²) >= 11 is 0. The summed E-state index contributed by atoms with van der Waals surface area (Å²) in [6, 6.07) is 12.0. The highest BCUT2D eigenvalue weighted by atomic mass is 15.2. The van der Waals surface area contributed by atoms with Crippen molar-refractivity contribution >= 4 is 0 Å². The van der Waals surface area contributed by atoms with Crippen LogP contribution in [0.2, 0.25) is 0 Å². The number of nitrogens with zero attached hydrogens (tertiary/aromatic N) is 1. The van der Waals surface area contributed by atoms with Crippen LogP contribution in [0.1, 0.15) is 51.0 Å². The molecule has 0 aliphatic carbocycles. The summed E-state index contributed by atoms with van der Waals surface area (Å²) in [4.78, 5) is 2.78. The Morgan fingerprint density at radius 2 is 1.86 bits per heavy atom. The second kappa shape index (κ2) is 6.93. The van der Waals surface area contributed by atoms with E-state index in [1.807, 2.05) is 0 Å². The molecule has 1 atom stereocenters. The van der Waals surface area contributed by atoms with Crippen LogP contribution in [0.4, 0.5) is 0 Å². The van der Waals surface area contributed by atoms with Crippen LogP contribution in [0.3, 0.4) is 0 Å². The molecule has 2 heterocycles. The first-order valence-electron chi connectivity index (χ1n) is 8.80. The van der Waals surface area contributed by atoms with Crippen molar-refractivity contribution in [3.63, 3.8) is 0 Å². The molecule has 2 aliphatic rings. The molecule has 1 aromatic carbocycles. The Kier molecular flexibility index (Phi) is 4.97. The van der Waals surface area contributed by atoms with Gasteiger partial charge >= 0.3 is 0 Å². The third-order valence-corrected chi connectivity index (χ3v) is 5.64. The predicted octanol–water partition coefficient (Wildman–Crippen LogP) is 3.57. The zero-order valence-electron chi connectivity index (χ0n) is 13.5. The average Bonchev–Trinajstić information content (AvgIpc) is 2.74. The maximum Gasteiger partial charge on any atom is 0.0104 e. The van der Waals surface area contributed by atoms with Crippen molar-refractivity contribution in [1.82, 2.24) is 10.2 Å². The van der Waals surface area contributed by atoms with Crippen LogP contribution in [-0.4, -0.2) is 37.1 Å². The molecule has 0 saturated carbocycles. The van der Waals surface area contributed by atoms with E-state index in [1.54, 1.807) is 5.56 Å². The van der Waals surface area contributed by atoms with Gasteiger partial charge in [-0.15, -0.1) is 0 Å². The van der Waals surface area contributed by atoms with E-state index in [9.17, 15) is 0 Å². The van der Waals surface area contributed by atoms with Crippen molar-refractivity contribution in [2.45, 2.75) is 56.9 Å². The number of benzene rings is 1. The van der Waals surface area contributed by atoms with E-state index in [0.717, 1.165) is 19.1 Å². The van der Waals surface area contributed by atoms with Crippen LogP contribution >= 0.6 is 0 Å². The van der Waals surface area contributed by atoms with Gasteiger partial charge in [-0.3, -0.25) is 4.90 Å². The zero-order valence-corrected chi connectivity index (χ0v) is 13.5. The van der Waals surface area contributed by atoms with Crippen LogP contribution in [0.25, 0.3) is 0 Å². The predicted molar refractivity (Wildman–Crippen MR) is 89.7 cm³/mol. The van der Waals surface area contributed by atoms with Gasteiger partial charge in [-0.05, 0) is 57.8 Å². The van der Waals surface area contributed by atoms with Gasteiger partial charge in [0.15, 0.2) is 0 Å². The van der Waals surface area contributed by atoms with Crippen LogP contribution in [0, 0.1) is 0 Å². The first kappa shape index (κ1) is 15.1. The lowest BCUT2D eigenvalue weighted by molar-refractivity contribution is 0.139. The molecule has 2 nitrogen and oxygen atoms in total. The number of likely N-dealkylation sites (tertiary alicyclic amines) is 1. The first-order valence-corrected chi connectivity index (χ1v) is 8.80. The molecule has 3 rings (SSSR count). The van der Waals surface area contributed by atoms with E-state index < -0.39 is 0 Å². The van der Waals surface area contributed by atoms with Gasteiger partial charge in [-0.25, -0.2) is 0 Å². The van der Waals surface area contributed by atoms with Gasteiger partial charge in [0, 0.05) is 18.0 Å². The fraction of sp³-hybridized carbons (Fsp3) is 0.684. The van der Waals surface area contributed by atoms with Crippen molar-refractivity contribution in [3.05, 3.63) is 35.9 Å². The molecule has 0 aromatic heterocycles. The summed E-state index contributed by atoms with van der Waals surface area (Å²) in [7, 11) is 0. The van der Waals surface area contributed by atoms with Crippen LogP contribution in [-0.2, 0) is 5.41 Å². The average molecular weight is 286 g/mol. The molecule has 0 bridgehead atoms. The van der Waals surface area contributed by atoms with Gasteiger partial charge in [0.05, 0.1) is 0 Å². The fourth-order valence-corrected chi connectivity index (χ4v) is 4.19. The van der Waals surface area contributed by atoms with Gasteiger partial charge in [0.25, 0.3) is 0 Å². The standard InChI is InChI=1S/C19H30N2/c1-17-8-4-3-7-15-21(17)16-19(11-13-20-14-12-19)18-9-5-2-6-10-18/h2,5-6,9-10,17,20H,3-4,7-8,11-16H2,1H3. The quantitative estimate of drug-likeness (QED) is 0.914. The molecule has 1 aromatic rings. The van der Waals surface area contributed by atoms with E-state index in [-0.39, 0.29) is 0 Å². The van der Waals surface area contributed by atoms with Crippen molar-refractivity contribution in [1.29, 1.82) is 0 Å². The Morgan fingerprint density at radius 3 is 2.62 bits per heavy atom. The number of piperidine rings is 1. The third kappa shape index (κ3) is 3.49. The smallest absolute Gasteiger partial charge is 0.0104 e. The zero-order chi connectivity index (χ0) is 14.5.